The van der Waals surface area contributed by atoms with Crippen LogP contribution in [0, 0.1) is 5.92 Å². The maximum Gasteiger partial charge on any atom is 0.0917 e. The van der Waals surface area contributed by atoms with Crippen LogP contribution < -0.4 is 5.73 Å². The van der Waals surface area contributed by atoms with Crippen LogP contribution in [0.15, 0.2) is 24.3 Å². The maximum atomic E-state index is 10.5. The lowest BCUT2D eigenvalue weighted by Gasteiger charge is -2.31. The minimum atomic E-state index is -0.376. The number of nitrogens with zero attached hydrogens (tertiary/aromatic N) is 1. The molecule has 1 aromatic carbocycles. The second-order valence-electron chi connectivity index (χ2n) is 6.71. The van der Waals surface area contributed by atoms with Crippen molar-refractivity contribution in [3.63, 3.8) is 0 Å². The van der Waals surface area contributed by atoms with Crippen LogP contribution in [0.5, 0.6) is 0 Å². The van der Waals surface area contributed by atoms with Crippen molar-refractivity contribution in [1.29, 1.82) is 0 Å². The summed E-state index contributed by atoms with van der Waals surface area (Å²) in [5, 5.41) is 10.5. The van der Waals surface area contributed by atoms with Gasteiger partial charge in [0, 0.05) is 19.1 Å². The minimum absolute atomic E-state index is 0.376. The minimum Gasteiger partial charge on any atom is -0.387 e. The molecule has 1 aliphatic heterocycles. The molecular weight excluding hydrogens is 260 g/mol. The van der Waals surface area contributed by atoms with Crippen LogP contribution in [-0.4, -0.2) is 29.1 Å². The Bertz CT molecular complexity index is 439. The highest BCUT2D eigenvalue weighted by atomic mass is 16.3. The second kappa shape index (κ2) is 6.91. The first-order valence-electron chi connectivity index (χ1n) is 8.49. The van der Waals surface area contributed by atoms with E-state index < -0.39 is 0 Å². The van der Waals surface area contributed by atoms with E-state index in [2.05, 4.69) is 4.90 Å². The monoisotopic (exact) mass is 288 g/mol. The normalized spacial score (nSPS) is 25.5. The Kier molecular flexibility index (Phi) is 4.94. The van der Waals surface area contributed by atoms with Crippen molar-refractivity contribution in [3.05, 3.63) is 35.4 Å². The average Bonchev–Trinajstić information content (AvgIpc) is 3.18. The fraction of sp³-hybridized carbons (Fsp3) is 0.667. The van der Waals surface area contributed by atoms with Gasteiger partial charge in [-0.15, -0.1) is 0 Å². The Morgan fingerprint density at radius 2 is 1.81 bits per heavy atom. The Hall–Kier alpha value is -0.900. The number of hydrogen-bond acceptors (Lipinski definition) is 3. The first kappa shape index (κ1) is 15.0. The molecule has 2 fully saturated rings. The predicted octanol–water partition coefficient (Wildman–Crippen LogP) is 2.83. The van der Waals surface area contributed by atoms with Crippen LogP contribution in [-0.2, 0) is 6.54 Å². The molecule has 3 rings (SSSR count). The van der Waals surface area contributed by atoms with E-state index in [1.165, 1.54) is 38.5 Å². The van der Waals surface area contributed by atoms with Gasteiger partial charge in [0.1, 0.15) is 0 Å². The zero-order valence-corrected chi connectivity index (χ0v) is 12.9. The molecular formula is C18H28N2O. The summed E-state index contributed by atoms with van der Waals surface area (Å²) < 4.78 is 0. The number of β-amino-alcohol motifs (C(OH)–C–C–N with tert-alkyl or cyclic N) is 1. The van der Waals surface area contributed by atoms with Gasteiger partial charge in [0.05, 0.1) is 6.10 Å². The molecule has 0 radical (unpaired) electrons. The first-order chi connectivity index (χ1) is 10.3. The highest BCUT2D eigenvalue weighted by Gasteiger charge is 2.34. The molecule has 116 valence electrons. The van der Waals surface area contributed by atoms with Crippen molar-refractivity contribution in [1.82, 2.24) is 4.90 Å². The molecule has 2 aliphatic rings. The van der Waals surface area contributed by atoms with Crippen LogP contribution in [0.2, 0.25) is 0 Å². The van der Waals surface area contributed by atoms with Gasteiger partial charge in [-0.2, -0.15) is 0 Å². The number of aliphatic hydroxyl groups is 1. The molecule has 2 atom stereocenters. The molecule has 0 aromatic heterocycles. The smallest absolute Gasteiger partial charge is 0.0917 e. The van der Waals surface area contributed by atoms with Crippen molar-refractivity contribution in [2.24, 2.45) is 11.7 Å². The number of hydrogen-bond donors (Lipinski definition) is 2. The Morgan fingerprint density at radius 3 is 2.48 bits per heavy atom. The molecule has 0 spiro atoms. The van der Waals surface area contributed by atoms with Crippen LogP contribution in [0.3, 0.4) is 0 Å². The molecule has 1 aromatic rings. The lowest BCUT2D eigenvalue weighted by atomic mass is 9.95. The van der Waals surface area contributed by atoms with Gasteiger partial charge in [0.15, 0.2) is 0 Å². The van der Waals surface area contributed by atoms with E-state index in [4.69, 9.17) is 5.73 Å². The first-order valence-corrected chi connectivity index (χ1v) is 8.49. The summed E-state index contributed by atoms with van der Waals surface area (Å²) in [5.74, 6) is 0.874. The SMILES string of the molecule is NCc1ccc(C(O)CN2CCCC2C2CCCC2)cc1. The summed E-state index contributed by atoms with van der Waals surface area (Å²) in [5.41, 5.74) is 7.76. The number of likely N-dealkylation sites (tertiary alicyclic amines) is 1. The van der Waals surface area contributed by atoms with Gasteiger partial charge in [-0.1, -0.05) is 37.1 Å². The molecule has 0 amide bonds. The Morgan fingerprint density at radius 1 is 1.10 bits per heavy atom. The highest BCUT2D eigenvalue weighted by Crippen LogP contribution is 2.36. The second-order valence-corrected chi connectivity index (χ2v) is 6.71. The van der Waals surface area contributed by atoms with Crippen molar-refractivity contribution in [2.45, 2.75) is 57.2 Å². The molecule has 2 unspecified atom stereocenters. The fourth-order valence-electron chi connectivity index (χ4n) is 4.16. The molecule has 3 heteroatoms. The van der Waals surface area contributed by atoms with Crippen LogP contribution in [0.25, 0.3) is 0 Å². The quantitative estimate of drug-likeness (QED) is 0.876. The number of aliphatic hydroxyl groups excluding tert-OH is 1. The number of nitrogens with two attached hydrogens (primary N) is 1. The fourth-order valence-corrected chi connectivity index (χ4v) is 4.16. The van der Waals surface area contributed by atoms with Gasteiger partial charge >= 0.3 is 0 Å². The molecule has 3 nitrogen and oxygen atoms in total. The largest absolute Gasteiger partial charge is 0.387 e. The van der Waals surface area contributed by atoms with Crippen molar-refractivity contribution in [2.75, 3.05) is 13.1 Å². The molecule has 21 heavy (non-hydrogen) atoms. The topological polar surface area (TPSA) is 49.5 Å². The van der Waals surface area contributed by atoms with Gasteiger partial charge < -0.3 is 10.8 Å². The summed E-state index contributed by atoms with van der Waals surface area (Å²) in [4.78, 5) is 2.54. The zero-order chi connectivity index (χ0) is 14.7. The summed E-state index contributed by atoms with van der Waals surface area (Å²) in [7, 11) is 0. The van der Waals surface area contributed by atoms with E-state index in [-0.39, 0.29) is 6.10 Å². The predicted molar refractivity (Wildman–Crippen MR) is 85.8 cm³/mol. The van der Waals surface area contributed by atoms with E-state index in [0.717, 1.165) is 30.1 Å². The van der Waals surface area contributed by atoms with Gasteiger partial charge in [-0.3, -0.25) is 4.90 Å². The van der Waals surface area contributed by atoms with E-state index >= 15 is 0 Å². The average molecular weight is 288 g/mol. The standard InChI is InChI=1S/C18H28N2O/c19-12-14-7-9-16(10-8-14)18(21)13-20-11-3-6-17(20)15-4-1-2-5-15/h7-10,15,17-18,21H,1-6,11-13,19H2. The summed E-state index contributed by atoms with van der Waals surface area (Å²) in [6.45, 7) is 2.49. The van der Waals surface area contributed by atoms with E-state index in [1.807, 2.05) is 24.3 Å². The highest BCUT2D eigenvalue weighted by molar-refractivity contribution is 5.24. The molecule has 3 N–H and O–H groups in total. The van der Waals surface area contributed by atoms with Gasteiger partial charge in [-0.25, -0.2) is 0 Å². The van der Waals surface area contributed by atoms with Gasteiger partial charge in [-0.05, 0) is 49.3 Å². The third-order valence-corrected chi connectivity index (χ3v) is 5.37. The van der Waals surface area contributed by atoms with E-state index in [0.29, 0.717) is 12.6 Å². The maximum absolute atomic E-state index is 10.5. The van der Waals surface area contributed by atoms with Crippen molar-refractivity contribution >= 4 is 0 Å². The lowest BCUT2D eigenvalue weighted by Crippen LogP contribution is -2.37. The van der Waals surface area contributed by atoms with Crippen LogP contribution in [0.4, 0.5) is 0 Å². The zero-order valence-electron chi connectivity index (χ0n) is 12.9. The summed E-state index contributed by atoms with van der Waals surface area (Å²) in [6.07, 6.45) is 7.82. The van der Waals surface area contributed by atoms with Crippen molar-refractivity contribution in [3.8, 4) is 0 Å². The van der Waals surface area contributed by atoms with E-state index in [9.17, 15) is 5.11 Å². The molecule has 1 saturated carbocycles. The van der Waals surface area contributed by atoms with Crippen LogP contribution >= 0.6 is 0 Å². The Balaban J connectivity index is 1.61. The van der Waals surface area contributed by atoms with Crippen LogP contribution in [0.1, 0.15) is 55.8 Å². The van der Waals surface area contributed by atoms with Gasteiger partial charge in [0.25, 0.3) is 0 Å². The molecule has 1 heterocycles. The third-order valence-electron chi connectivity index (χ3n) is 5.37. The number of benzene rings is 1. The third kappa shape index (κ3) is 3.47. The molecule has 1 aliphatic carbocycles. The van der Waals surface area contributed by atoms with E-state index in [1.54, 1.807) is 0 Å². The van der Waals surface area contributed by atoms with Crippen molar-refractivity contribution < 1.29 is 5.11 Å². The Labute approximate surface area is 128 Å². The lowest BCUT2D eigenvalue weighted by molar-refractivity contribution is 0.0894. The molecule has 1 saturated heterocycles. The summed E-state index contributed by atoms with van der Waals surface area (Å²) >= 11 is 0. The summed E-state index contributed by atoms with van der Waals surface area (Å²) in [6, 6.07) is 8.81. The van der Waals surface area contributed by atoms with Gasteiger partial charge in [0.2, 0.25) is 0 Å². The number of rotatable bonds is 5. The molecule has 0 bridgehead atoms.